The van der Waals surface area contributed by atoms with E-state index in [1.165, 1.54) is 11.8 Å². The molecule has 3 aromatic rings. The number of thioether (sulfide) groups is 1. The number of benzene rings is 2. The average molecular weight is 474 g/mol. The summed E-state index contributed by atoms with van der Waals surface area (Å²) in [6.07, 6.45) is 0. The van der Waals surface area contributed by atoms with Gasteiger partial charge >= 0.3 is 0 Å². The summed E-state index contributed by atoms with van der Waals surface area (Å²) in [6, 6.07) is 14.7. The van der Waals surface area contributed by atoms with Gasteiger partial charge < -0.3 is 15.2 Å². The van der Waals surface area contributed by atoms with E-state index >= 15 is 0 Å². The van der Waals surface area contributed by atoms with Crippen molar-refractivity contribution in [3.63, 3.8) is 0 Å². The molecule has 2 N–H and O–H groups in total. The van der Waals surface area contributed by atoms with Crippen molar-refractivity contribution in [3.8, 4) is 0 Å². The molecule has 2 amide bonds. The number of amides is 2. The average Bonchev–Trinajstić information content (AvgIpc) is 3.13. The van der Waals surface area contributed by atoms with Crippen LogP contribution in [0.4, 0.5) is 5.69 Å². The maximum absolute atomic E-state index is 12.6. The molecule has 0 aliphatic rings. The Morgan fingerprint density at radius 1 is 1.14 bits per heavy atom. The number of carbonyl (C=O) groups is 2. The molecule has 2 aromatic carbocycles. The van der Waals surface area contributed by atoms with Crippen molar-refractivity contribution in [2.45, 2.75) is 24.5 Å². The molecule has 0 spiro atoms. The van der Waals surface area contributed by atoms with Crippen LogP contribution in [0.1, 0.15) is 27.4 Å². The number of aromatic nitrogens is 1. The van der Waals surface area contributed by atoms with Crippen molar-refractivity contribution in [1.29, 1.82) is 0 Å². The van der Waals surface area contributed by atoms with Crippen molar-refractivity contribution in [3.05, 3.63) is 75.6 Å². The van der Waals surface area contributed by atoms with Gasteiger partial charge in [-0.2, -0.15) is 0 Å². The molecule has 8 heteroatoms. The first-order chi connectivity index (χ1) is 13.9. The summed E-state index contributed by atoms with van der Waals surface area (Å²) in [4.78, 5) is 25.6. The summed E-state index contributed by atoms with van der Waals surface area (Å²) >= 11 is 4.91. The second-order valence-electron chi connectivity index (χ2n) is 6.41. The molecule has 0 aliphatic heterocycles. The van der Waals surface area contributed by atoms with E-state index in [2.05, 4.69) is 31.7 Å². The fourth-order valence-electron chi connectivity index (χ4n) is 2.60. The van der Waals surface area contributed by atoms with Gasteiger partial charge in [0.25, 0.3) is 5.91 Å². The Morgan fingerprint density at radius 2 is 1.93 bits per heavy atom. The van der Waals surface area contributed by atoms with Gasteiger partial charge in [0.1, 0.15) is 5.76 Å². The summed E-state index contributed by atoms with van der Waals surface area (Å²) in [7, 11) is 0. The summed E-state index contributed by atoms with van der Waals surface area (Å²) in [5, 5.41) is 9.32. The number of hydrogen-bond donors (Lipinski definition) is 2. The largest absolute Gasteiger partial charge is 0.360 e. The third-order valence-corrected chi connectivity index (χ3v) is 6.02. The first-order valence-corrected chi connectivity index (χ1v) is 10.7. The number of halogens is 1. The molecule has 1 heterocycles. The Hall–Kier alpha value is -2.58. The highest BCUT2D eigenvalue weighted by Gasteiger charge is 2.14. The lowest BCUT2D eigenvalue weighted by Crippen LogP contribution is -2.33. The number of carbonyl (C=O) groups excluding carboxylic acids is 2. The third-order valence-electron chi connectivity index (χ3n) is 4.03. The van der Waals surface area contributed by atoms with Gasteiger partial charge in [-0.3, -0.25) is 9.59 Å². The SMILES string of the molecule is Cc1cc(CSc2ccccc2C(=O)NCC(=O)Nc2ccc(Br)c(C)c2)on1. The number of rotatable bonds is 7. The van der Waals surface area contributed by atoms with Crippen LogP contribution in [0.5, 0.6) is 0 Å². The Labute approximate surface area is 181 Å². The maximum Gasteiger partial charge on any atom is 0.252 e. The summed E-state index contributed by atoms with van der Waals surface area (Å²) in [6.45, 7) is 3.68. The van der Waals surface area contributed by atoms with E-state index in [1.54, 1.807) is 18.2 Å². The van der Waals surface area contributed by atoms with E-state index in [0.29, 0.717) is 17.0 Å². The molecule has 0 atom stereocenters. The van der Waals surface area contributed by atoms with Crippen LogP contribution >= 0.6 is 27.7 Å². The lowest BCUT2D eigenvalue weighted by molar-refractivity contribution is -0.115. The number of hydrogen-bond acceptors (Lipinski definition) is 5. The Morgan fingerprint density at radius 3 is 2.66 bits per heavy atom. The fraction of sp³-hybridized carbons (Fsp3) is 0.190. The molecule has 0 fully saturated rings. The zero-order valence-corrected chi connectivity index (χ0v) is 18.4. The molecule has 3 rings (SSSR count). The van der Waals surface area contributed by atoms with E-state index in [-0.39, 0.29) is 18.4 Å². The van der Waals surface area contributed by atoms with Crippen LogP contribution in [-0.2, 0) is 10.5 Å². The van der Waals surface area contributed by atoms with Gasteiger partial charge in [-0.1, -0.05) is 33.2 Å². The summed E-state index contributed by atoms with van der Waals surface area (Å²) in [5.41, 5.74) is 3.03. The minimum Gasteiger partial charge on any atom is -0.360 e. The molecule has 0 saturated carbocycles. The second kappa shape index (κ2) is 9.76. The van der Waals surface area contributed by atoms with Crippen molar-refractivity contribution in [1.82, 2.24) is 10.5 Å². The monoisotopic (exact) mass is 473 g/mol. The van der Waals surface area contributed by atoms with Crippen LogP contribution in [0.15, 0.2) is 62.4 Å². The van der Waals surface area contributed by atoms with Gasteiger partial charge in [0.15, 0.2) is 0 Å². The fourth-order valence-corrected chi connectivity index (χ4v) is 3.77. The predicted molar refractivity (Wildman–Crippen MR) is 117 cm³/mol. The molecule has 0 unspecified atom stereocenters. The van der Waals surface area contributed by atoms with Gasteiger partial charge in [-0.05, 0) is 49.7 Å². The van der Waals surface area contributed by atoms with Crippen LogP contribution in [0.3, 0.4) is 0 Å². The Balaban J connectivity index is 1.57. The highest BCUT2D eigenvalue weighted by atomic mass is 79.9. The molecule has 1 aromatic heterocycles. The van der Waals surface area contributed by atoms with E-state index in [9.17, 15) is 9.59 Å². The van der Waals surface area contributed by atoms with Crippen molar-refractivity contribution < 1.29 is 14.1 Å². The standard InChI is InChI=1S/C21H20BrN3O3S/c1-13-9-15(7-8-18(13)22)24-20(26)11-23-21(27)17-5-3-4-6-19(17)29-12-16-10-14(2)25-28-16/h3-10H,11-12H2,1-2H3,(H,23,27)(H,24,26). The van der Waals surface area contributed by atoms with Gasteiger partial charge in [-0.15, -0.1) is 11.8 Å². The second-order valence-corrected chi connectivity index (χ2v) is 8.29. The van der Waals surface area contributed by atoms with E-state index in [0.717, 1.165) is 26.4 Å². The number of aryl methyl sites for hydroxylation is 2. The molecule has 150 valence electrons. The first-order valence-electron chi connectivity index (χ1n) is 8.90. The van der Waals surface area contributed by atoms with Crippen LogP contribution in [0, 0.1) is 13.8 Å². The van der Waals surface area contributed by atoms with E-state index in [4.69, 9.17) is 4.52 Å². The van der Waals surface area contributed by atoms with Gasteiger partial charge in [0.2, 0.25) is 5.91 Å². The topological polar surface area (TPSA) is 84.2 Å². The molecule has 6 nitrogen and oxygen atoms in total. The van der Waals surface area contributed by atoms with Crippen LogP contribution < -0.4 is 10.6 Å². The van der Waals surface area contributed by atoms with Crippen molar-refractivity contribution in [2.75, 3.05) is 11.9 Å². The minimum atomic E-state index is -0.302. The Bertz CT molecular complexity index is 1040. The van der Waals surface area contributed by atoms with Gasteiger partial charge in [-0.25, -0.2) is 0 Å². The quantitative estimate of drug-likeness (QED) is 0.485. The van der Waals surface area contributed by atoms with Crippen LogP contribution in [-0.4, -0.2) is 23.5 Å². The van der Waals surface area contributed by atoms with Crippen molar-refractivity contribution >= 4 is 45.2 Å². The van der Waals surface area contributed by atoms with Crippen molar-refractivity contribution in [2.24, 2.45) is 0 Å². The lowest BCUT2D eigenvalue weighted by Gasteiger charge is -2.10. The highest BCUT2D eigenvalue weighted by molar-refractivity contribution is 9.10. The highest BCUT2D eigenvalue weighted by Crippen LogP contribution is 2.26. The number of nitrogens with one attached hydrogen (secondary N) is 2. The van der Waals surface area contributed by atoms with Crippen LogP contribution in [0.25, 0.3) is 0 Å². The molecule has 0 aliphatic carbocycles. The smallest absolute Gasteiger partial charge is 0.252 e. The van der Waals surface area contributed by atoms with E-state index in [1.807, 2.05) is 44.2 Å². The molecule has 29 heavy (non-hydrogen) atoms. The van der Waals surface area contributed by atoms with Gasteiger partial charge in [0.05, 0.1) is 23.6 Å². The minimum absolute atomic E-state index is 0.117. The zero-order valence-electron chi connectivity index (χ0n) is 16.0. The molecular weight excluding hydrogens is 454 g/mol. The zero-order chi connectivity index (χ0) is 20.8. The Kier molecular flexibility index (Phi) is 7.11. The molecule has 0 radical (unpaired) electrons. The molecule has 0 saturated heterocycles. The van der Waals surface area contributed by atoms with Gasteiger partial charge in [0, 0.05) is 21.1 Å². The van der Waals surface area contributed by atoms with E-state index < -0.39 is 0 Å². The third kappa shape index (κ3) is 5.95. The molecule has 0 bridgehead atoms. The molecular formula is C21H20BrN3O3S. The maximum atomic E-state index is 12.6. The first kappa shape index (κ1) is 21.1. The number of nitrogens with zero attached hydrogens (tertiary/aromatic N) is 1. The number of anilines is 1. The predicted octanol–water partition coefficient (Wildman–Crippen LogP) is 4.71. The summed E-state index contributed by atoms with van der Waals surface area (Å²) < 4.78 is 6.18. The normalized spacial score (nSPS) is 10.6. The lowest BCUT2D eigenvalue weighted by atomic mass is 10.2. The van der Waals surface area contributed by atoms with Crippen LogP contribution in [0.2, 0.25) is 0 Å². The summed E-state index contributed by atoms with van der Waals surface area (Å²) in [5.74, 6) is 0.715.